The Balaban J connectivity index is 1.71. The van der Waals surface area contributed by atoms with Crippen molar-refractivity contribution >= 4 is 23.1 Å². The Bertz CT molecular complexity index is 1450. The average molecular weight is 486 g/mol. The number of carbonyl (C=O) groups excluding carboxylic acids is 1. The van der Waals surface area contributed by atoms with Crippen LogP contribution in [0.25, 0.3) is 0 Å². The molecule has 9 nitrogen and oxygen atoms in total. The van der Waals surface area contributed by atoms with Crippen molar-refractivity contribution in [3.05, 3.63) is 117 Å². The maximum Gasteiger partial charge on any atom is 0.330 e. The van der Waals surface area contributed by atoms with Gasteiger partial charge in [-0.3, -0.25) is 19.1 Å². The minimum Gasteiger partial charge on any atom is -0.495 e. The molecule has 0 spiro atoms. The zero-order valence-electron chi connectivity index (χ0n) is 19.8. The molecule has 0 fully saturated rings. The molecule has 0 atom stereocenters. The number of aromatic amines is 1. The number of nitrogens with zero attached hydrogens (tertiary/aromatic N) is 2. The fourth-order valence-corrected chi connectivity index (χ4v) is 3.93. The number of methoxy groups -OCH3 is 1. The first-order valence-electron chi connectivity index (χ1n) is 11.3. The number of para-hydroxylation sites is 2. The molecule has 36 heavy (non-hydrogen) atoms. The van der Waals surface area contributed by atoms with Crippen LogP contribution < -0.4 is 31.9 Å². The molecule has 3 aromatic carbocycles. The molecule has 4 aromatic rings. The number of nitrogen functional groups attached to an aromatic ring is 1. The Kier molecular flexibility index (Phi) is 7.50. The lowest BCUT2D eigenvalue weighted by Gasteiger charge is -2.26. The number of carbonyl (C=O) groups is 1. The maximum absolute atomic E-state index is 13.1. The lowest BCUT2D eigenvalue weighted by atomic mass is 10.2. The van der Waals surface area contributed by atoms with Crippen LogP contribution in [-0.4, -0.2) is 29.1 Å². The van der Waals surface area contributed by atoms with Crippen LogP contribution in [0.4, 0.5) is 17.2 Å². The number of ether oxygens (including phenoxy) is 1. The second-order valence-corrected chi connectivity index (χ2v) is 8.15. The highest BCUT2D eigenvalue weighted by molar-refractivity contribution is 5.95. The van der Waals surface area contributed by atoms with Gasteiger partial charge in [0.05, 0.1) is 25.9 Å². The summed E-state index contributed by atoms with van der Waals surface area (Å²) in [5, 5.41) is 2.83. The van der Waals surface area contributed by atoms with Gasteiger partial charge < -0.3 is 20.7 Å². The van der Waals surface area contributed by atoms with Crippen molar-refractivity contribution in [1.82, 2.24) is 9.55 Å². The van der Waals surface area contributed by atoms with Crippen molar-refractivity contribution in [1.29, 1.82) is 0 Å². The van der Waals surface area contributed by atoms with Gasteiger partial charge in [0, 0.05) is 6.54 Å². The maximum atomic E-state index is 13.1. The van der Waals surface area contributed by atoms with E-state index in [2.05, 4.69) is 10.3 Å². The molecule has 1 amide bonds. The number of nitrogens with one attached hydrogen (secondary N) is 2. The molecule has 0 aliphatic heterocycles. The lowest BCUT2D eigenvalue weighted by Crippen LogP contribution is -2.41. The van der Waals surface area contributed by atoms with E-state index in [1.54, 1.807) is 29.2 Å². The molecule has 9 heteroatoms. The van der Waals surface area contributed by atoms with Gasteiger partial charge in [0.15, 0.2) is 0 Å². The van der Waals surface area contributed by atoms with Gasteiger partial charge >= 0.3 is 5.69 Å². The van der Waals surface area contributed by atoms with Gasteiger partial charge in [-0.2, -0.15) is 0 Å². The molecule has 4 N–H and O–H groups in total. The highest BCUT2D eigenvalue weighted by Gasteiger charge is 2.22. The number of hydrogen-bond acceptors (Lipinski definition) is 6. The first-order valence-corrected chi connectivity index (χ1v) is 11.3. The Morgan fingerprint density at radius 3 is 2.22 bits per heavy atom. The van der Waals surface area contributed by atoms with Crippen molar-refractivity contribution in [3.63, 3.8) is 0 Å². The van der Waals surface area contributed by atoms with Gasteiger partial charge in [-0.25, -0.2) is 4.79 Å². The summed E-state index contributed by atoms with van der Waals surface area (Å²) >= 11 is 0. The standard InChI is InChI=1S/C27H27N5O4/c1-36-22-15-9-8-14-21(22)29-23(33)18-31(16-19-10-4-2-5-11-19)24-25(28)32(27(35)30-26(24)34)17-20-12-6-3-7-13-20/h2-15H,16-18,28H2,1H3,(H,29,33)(H,30,34,35). The van der Waals surface area contributed by atoms with Crippen LogP contribution in [0.1, 0.15) is 11.1 Å². The number of anilines is 3. The van der Waals surface area contributed by atoms with Crippen LogP contribution in [0.15, 0.2) is 94.5 Å². The molecule has 1 aromatic heterocycles. The van der Waals surface area contributed by atoms with E-state index < -0.39 is 11.2 Å². The molecule has 1 heterocycles. The Hall–Kier alpha value is -4.79. The van der Waals surface area contributed by atoms with E-state index in [1.807, 2.05) is 60.7 Å². The number of nitrogens with two attached hydrogens (primary N) is 1. The first kappa shape index (κ1) is 24.3. The van der Waals surface area contributed by atoms with Crippen molar-refractivity contribution in [2.24, 2.45) is 0 Å². The van der Waals surface area contributed by atoms with Crippen LogP contribution in [0, 0.1) is 0 Å². The van der Waals surface area contributed by atoms with Crippen LogP contribution in [-0.2, 0) is 17.9 Å². The summed E-state index contributed by atoms with van der Waals surface area (Å²) in [6, 6.07) is 25.7. The normalized spacial score (nSPS) is 10.6. The van der Waals surface area contributed by atoms with Gasteiger partial charge in [0.1, 0.15) is 17.3 Å². The summed E-state index contributed by atoms with van der Waals surface area (Å²) in [5.41, 5.74) is 7.38. The smallest absolute Gasteiger partial charge is 0.330 e. The summed E-state index contributed by atoms with van der Waals surface area (Å²) < 4.78 is 6.61. The molecule has 0 saturated carbocycles. The van der Waals surface area contributed by atoms with Gasteiger partial charge in [-0.05, 0) is 23.3 Å². The minimum atomic E-state index is -0.664. The predicted octanol–water partition coefficient (Wildman–Crippen LogP) is 2.82. The summed E-state index contributed by atoms with van der Waals surface area (Å²) in [6.45, 7) is 0.197. The van der Waals surface area contributed by atoms with Crippen LogP contribution in [0.2, 0.25) is 0 Å². The van der Waals surface area contributed by atoms with Crippen LogP contribution in [0.5, 0.6) is 5.75 Å². The number of H-pyrrole nitrogens is 1. The fraction of sp³-hybridized carbons (Fsp3) is 0.148. The predicted molar refractivity (Wildman–Crippen MR) is 140 cm³/mol. The third-order valence-corrected chi connectivity index (χ3v) is 5.65. The third-order valence-electron chi connectivity index (χ3n) is 5.65. The van der Waals surface area contributed by atoms with E-state index in [1.165, 1.54) is 11.7 Å². The molecule has 0 aliphatic carbocycles. The SMILES string of the molecule is COc1ccccc1NC(=O)CN(Cc1ccccc1)c1c(N)n(Cc2ccccc2)c(=O)[nH]c1=O. The van der Waals surface area contributed by atoms with Crippen LogP contribution >= 0.6 is 0 Å². The molecular weight excluding hydrogens is 458 g/mol. The summed E-state index contributed by atoms with van der Waals surface area (Å²) in [5.74, 6) is 0.109. The zero-order chi connectivity index (χ0) is 25.5. The van der Waals surface area contributed by atoms with Gasteiger partial charge in [-0.15, -0.1) is 0 Å². The topological polar surface area (TPSA) is 122 Å². The van der Waals surface area contributed by atoms with E-state index in [-0.39, 0.29) is 37.0 Å². The highest BCUT2D eigenvalue weighted by Crippen LogP contribution is 2.24. The molecule has 184 valence electrons. The van der Waals surface area contributed by atoms with E-state index in [4.69, 9.17) is 10.5 Å². The third kappa shape index (κ3) is 5.64. The zero-order valence-corrected chi connectivity index (χ0v) is 19.8. The number of rotatable bonds is 9. The number of aromatic nitrogens is 2. The molecule has 0 unspecified atom stereocenters. The van der Waals surface area contributed by atoms with E-state index >= 15 is 0 Å². The van der Waals surface area contributed by atoms with E-state index in [0.717, 1.165) is 11.1 Å². The van der Waals surface area contributed by atoms with Crippen molar-refractivity contribution < 1.29 is 9.53 Å². The number of hydrogen-bond donors (Lipinski definition) is 3. The molecule has 0 saturated heterocycles. The second kappa shape index (κ2) is 11.1. The van der Waals surface area contributed by atoms with Crippen molar-refractivity contribution in [2.45, 2.75) is 13.1 Å². The second-order valence-electron chi connectivity index (χ2n) is 8.15. The van der Waals surface area contributed by atoms with Crippen LogP contribution in [0.3, 0.4) is 0 Å². The first-order chi connectivity index (χ1) is 17.5. The van der Waals surface area contributed by atoms with Crippen molar-refractivity contribution in [3.8, 4) is 5.75 Å². The Morgan fingerprint density at radius 2 is 1.56 bits per heavy atom. The fourth-order valence-electron chi connectivity index (χ4n) is 3.93. The monoisotopic (exact) mass is 485 g/mol. The molecule has 0 aliphatic rings. The molecule has 0 bridgehead atoms. The van der Waals surface area contributed by atoms with E-state index in [9.17, 15) is 14.4 Å². The Morgan fingerprint density at radius 1 is 0.944 bits per heavy atom. The number of amides is 1. The molecule has 4 rings (SSSR count). The van der Waals surface area contributed by atoms with Gasteiger partial charge in [0.2, 0.25) is 5.91 Å². The van der Waals surface area contributed by atoms with Gasteiger partial charge in [-0.1, -0.05) is 72.8 Å². The number of benzene rings is 3. The largest absolute Gasteiger partial charge is 0.495 e. The van der Waals surface area contributed by atoms with Gasteiger partial charge in [0.25, 0.3) is 5.56 Å². The summed E-state index contributed by atoms with van der Waals surface area (Å²) in [7, 11) is 1.52. The Labute approximate surface area is 207 Å². The average Bonchev–Trinajstić information content (AvgIpc) is 2.88. The summed E-state index contributed by atoms with van der Waals surface area (Å²) in [6.07, 6.45) is 0. The minimum absolute atomic E-state index is 0.0198. The quantitative estimate of drug-likeness (QED) is 0.335. The van der Waals surface area contributed by atoms with E-state index in [0.29, 0.717) is 11.4 Å². The summed E-state index contributed by atoms with van der Waals surface area (Å²) in [4.78, 5) is 42.7. The highest BCUT2D eigenvalue weighted by atomic mass is 16.5. The van der Waals surface area contributed by atoms with Crippen molar-refractivity contribution in [2.75, 3.05) is 29.6 Å². The lowest BCUT2D eigenvalue weighted by molar-refractivity contribution is -0.115. The molecular formula is C27H27N5O4. The molecule has 0 radical (unpaired) electrons.